The van der Waals surface area contributed by atoms with Crippen LogP contribution in [-0.2, 0) is 71.7 Å². The molecule has 0 aromatic carbocycles. The maximum atomic E-state index is 12.3. The maximum absolute atomic E-state index is 12.3. The highest BCUT2D eigenvalue weighted by atomic mass is 16.5. The molecule has 0 spiro atoms. The third-order valence-corrected chi connectivity index (χ3v) is 13.3. The number of carboxylic acid groups (broad SMARTS) is 4. The summed E-state index contributed by atoms with van der Waals surface area (Å²) in [5.74, 6) is -8.00. The minimum Gasteiger partial charge on any atom is -0.481 e. The van der Waals surface area contributed by atoms with Crippen molar-refractivity contribution in [3.05, 3.63) is 0 Å². The summed E-state index contributed by atoms with van der Waals surface area (Å²) in [5, 5.41) is 56.0. The van der Waals surface area contributed by atoms with E-state index in [-0.39, 0.29) is 107 Å². The number of unbranched alkanes of at least 4 members (excludes halogenated alkanes) is 14. The number of aliphatic hydroxyl groups excluding tert-OH is 1. The molecule has 0 aromatic rings. The lowest BCUT2D eigenvalue weighted by Crippen LogP contribution is -2.42. The molecule has 4 amide bonds. The number of rotatable bonds is 57. The predicted molar refractivity (Wildman–Crippen MR) is 304 cm³/mol. The highest BCUT2D eigenvalue weighted by Crippen LogP contribution is 2.17. The number of amides is 4. The summed E-state index contributed by atoms with van der Waals surface area (Å²) in [6.45, 7) is 5.46. The fourth-order valence-corrected chi connectivity index (χ4v) is 8.35. The Labute approximate surface area is 485 Å². The van der Waals surface area contributed by atoms with Crippen LogP contribution in [0.2, 0.25) is 0 Å². The van der Waals surface area contributed by atoms with E-state index in [0.29, 0.717) is 84.3 Å². The first-order chi connectivity index (χ1) is 39.3. The topological polar surface area (TPSA) is 374 Å². The molecule has 0 aliphatic rings. The summed E-state index contributed by atoms with van der Waals surface area (Å²) in [4.78, 5) is 128. The Kier molecular flexibility index (Phi) is 52.6. The second-order valence-corrected chi connectivity index (χ2v) is 20.3. The van der Waals surface area contributed by atoms with Crippen molar-refractivity contribution in [2.24, 2.45) is 11.8 Å². The van der Waals surface area contributed by atoms with Crippen LogP contribution in [-0.4, -0.2) is 176 Å². The van der Waals surface area contributed by atoms with E-state index >= 15 is 0 Å². The highest BCUT2D eigenvalue weighted by molar-refractivity contribution is 5.87. The Bertz CT molecular complexity index is 1800. The fraction of sp³-hybridized carbons (Fsp3) is 0.810. The summed E-state index contributed by atoms with van der Waals surface area (Å²) >= 11 is 0. The number of Topliss-reactive ketones (excluding diaryl/α,β-unsaturated/α-hetero) is 3. The molecule has 0 rings (SSSR count). The first-order valence-corrected chi connectivity index (χ1v) is 29.7. The summed E-state index contributed by atoms with van der Waals surface area (Å²) in [5.41, 5.74) is 0. The fourth-order valence-electron chi connectivity index (χ4n) is 8.35. The van der Waals surface area contributed by atoms with Crippen LogP contribution >= 0.6 is 0 Å². The number of ether oxygens (including phenoxy) is 4. The number of hydrogen-bond donors (Lipinski definition) is 9. The van der Waals surface area contributed by atoms with Gasteiger partial charge in [-0.1, -0.05) is 97.3 Å². The Morgan fingerprint density at radius 2 is 0.915 bits per heavy atom. The number of carboxylic acids is 4. The van der Waals surface area contributed by atoms with Gasteiger partial charge in [0.1, 0.15) is 31.1 Å². The summed E-state index contributed by atoms with van der Waals surface area (Å²) in [7, 11) is 1.59. The van der Waals surface area contributed by atoms with Gasteiger partial charge >= 0.3 is 23.9 Å². The zero-order chi connectivity index (χ0) is 61.6. The molecule has 0 aromatic heterocycles. The Morgan fingerprint density at radius 3 is 1.44 bits per heavy atom. The average molecular weight is 1180 g/mol. The molecule has 9 N–H and O–H groups in total. The van der Waals surface area contributed by atoms with Gasteiger partial charge in [-0.3, -0.25) is 43.2 Å². The van der Waals surface area contributed by atoms with E-state index in [1.165, 1.54) is 44.9 Å². The standard InChI is InChI=1S/C29H49N3O12.C29H53NO8/c1-3-20(24(35)18-33)7-5-6-12-30-26(37)11-9-23(29(41)42)32-27(38)10-8-21(28(39)40)17-22(34)19-44-16-15-43-14-13-31-25(36)4-2;1-37-23-24-38-22-16-17-25(31)20-21-26(29(35)36)30-27(32)18-14-12-10-8-6-4-2-3-5-7-9-11-13-15-19-28(33)34/h20-21,23,33H,3-19H2,1-2H3,(H,30,37)(H,31,36)(H,32,38)(H,39,40)(H,41,42);26H,2-24H2,1H3,(H,30,32)(H,33,34)(H,35,36)/t20-,21+,23-;26-/m00/s1. The van der Waals surface area contributed by atoms with E-state index in [4.69, 9.17) is 29.2 Å². The Morgan fingerprint density at radius 1 is 0.415 bits per heavy atom. The quantitative estimate of drug-likeness (QED) is 0.0321. The Balaban J connectivity index is 0. The van der Waals surface area contributed by atoms with Gasteiger partial charge in [-0.25, -0.2) is 9.59 Å². The molecule has 0 fully saturated rings. The van der Waals surface area contributed by atoms with Crippen molar-refractivity contribution in [1.29, 1.82) is 0 Å². The van der Waals surface area contributed by atoms with Crippen molar-refractivity contribution in [3.63, 3.8) is 0 Å². The van der Waals surface area contributed by atoms with Crippen molar-refractivity contribution >= 4 is 64.9 Å². The minimum atomic E-state index is -1.36. The number of ketones is 3. The van der Waals surface area contributed by atoms with E-state index in [0.717, 1.165) is 44.9 Å². The molecule has 0 aliphatic carbocycles. The van der Waals surface area contributed by atoms with E-state index < -0.39 is 66.1 Å². The molecule has 0 heterocycles. The molecule has 24 heteroatoms. The van der Waals surface area contributed by atoms with Gasteiger partial charge in [0, 0.05) is 84.1 Å². The summed E-state index contributed by atoms with van der Waals surface area (Å²) < 4.78 is 20.6. The van der Waals surface area contributed by atoms with E-state index in [2.05, 4.69) is 21.3 Å². The largest absolute Gasteiger partial charge is 0.481 e. The van der Waals surface area contributed by atoms with Crippen LogP contribution in [0.5, 0.6) is 0 Å². The van der Waals surface area contributed by atoms with Gasteiger partial charge < -0.3 is 65.7 Å². The zero-order valence-corrected chi connectivity index (χ0v) is 49.5. The minimum absolute atomic E-state index is 0.0224. The second-order valence-electron chi connectivity index (χ2n) is 20.3. The molecule has 24 nitrogen and oxygen atoms in total. The molecule has 0 saturated carbocycles. The number of hydrogen-bond acceptors (Lipinski definition) is 16. The van der Waals surface area contributed by atoms with Crippen molar-refractivity contribution in [2.75, 3.05) is 73.1 Å². The Hall–Kier alpha value is -5.43. The van der Waals surface area contributed by atoms with Crippen LogP contribution in [0.15, 0.2) is 0 Å². The van der Waals surface area contributed by atoms with Gasteiger partial charge in [0.25, 0.3) is 0 Å². The smallest absolute Gasteiger partial charge is 0.326 e. The van der Waals surface area contributed by atoms with Crippen LogP contribution < -0.4 is 21.3 Å². The van der Waals surface area contributed by atoms with E-state index in [9.17, 15) is 68.1 Å². The first kappa shape index (κ1) is 78.6. The van der Waals surface area contributed by atoms with Crippen molar-refractivity contribution in [2.45, 2.75) is 219 Å². The number of aliphatic carboxylic acids is 4. The van der Waals surface area contributed by atoms with Crippen LogP contribution in [0.25, 0.3) is 0 Å². The molecule has 4 atom stereocenters. The molecule has 474 valence electrons. The van der Waals surface area contributed by atoms with Crippen molar-refractivity contribution in [1.82, 2.24) is 21.3 Å². The number of methoxy groups -OCH3 is 1. The van der Waals surface area contributed by atoms with Crippen LogP contribution in [0, 0.1) is 11.8 Å². The second kappa shape index (κ2) is 54.8. The molecule has 82 heavy (non-hydrogen) atoms. The molecule has 0 saturated heterocycles. The molecular formula is C58H102N4O20. The van der Waals surface area contributed by atoms with Gasteiger partial charge in [0.05, 0.1) is 39.0 Å². The van der Waals surface area contributed by atoms with Crippen LogP contribution in [0.3, 0.4) is 0 Å². The maximum Gasteiger partial charge on any atom is 0.326 e. The van der Waals surface area contributed by atoms with E-state index in [1.807, 2.05) is 6.92 Å². The lowest BCUT2D eigenvalue weighted by molar-refractivity contribution is -0.145. The number of nitrogens with one attached hydrogen (secondary N) is 4. The first-order valence-electron chi connectivity index (χ1n) is 29.7. The van der Waals surface area contributed by atoms with Crippen molar-refractivity contribution < 1.29 is 97.2 Å². The number of carbonyl (C=O) groups is 11. The predicted octanol–water partition coefficient (Wildman–Crippen LogP) is 5.88. The van der Waals surface area contributed by atoms with Gasteiger partial charge in [-0.15, -0.1) is 0 Å². The highest BCUT2D eigenvalue weighted by Gasteiger charge is 2.26. The summed E-state index contributed by atoms with van der Waals surface area (Å²) in [6.07, 6.45) is 18.9. The van der Waals surface area contributed by atoms with Crippen molar-refractivity contribution in [3.8, 4) is 0 Å². The lowest BCUT2D eigenvalue weighted by Gasteiger charge is -2.16. The summed E-state index contributed by atoms with van der Waals surface area (Å²) in [6, 6.07) is -2.38. The molecule has 0 unspecified atom stereocenters. The van der Waals surface area contributed by atoms with Gasteiger partial charge in [0.15, 0.2) is 11.6 Å². The monoisotopic (exact) mass is 1170 g/mol. The van der Waals surface area contributed by atoms with Gasteiger partial charge in [-0.05, 0) is 57.8 Å². The molecule has 0 radical (unpaired) electrons. The third-order valence-electron chi connectivity index (χ3n) is 13.3. The zero-order valence-electron chi connectivity index (χ0n) is 49.5. The number of carbonyl (C=O) groups excluding carboxylic acids is 7. The molecular weight excluding hydrogens is 1070 g/mol. The molecule has 0 bridgehead atoms. The van der Waals surface area contributed by atoms with Crippen LogP contribution in [0.1, 0.15) is 206 Å². The number of aliphatic hydroxyl groups is 1. The normalized spacial score (nSPS) is 12.4. The third kappa shape index (κ3) is 50.3. The lowest BCUT2D eigenvalue weighted by atomic mass is 9.95. The van der Waals surface area contributed by atoms with E-state index in [1.54, 1.807) is 14.0 Å². The average Bonchev–Trinajstić information content (AvgIpc) is 3.45. The molecule has 0 aliphatic heterocycles. The van der Waals surface area contributed by atoms with Gasteiger partial charge in [0.2, 0.25) is 23.6 Å². The van der Waals surface area contributed by atoms with Crippen LogP contribution in [0.4, 0.5) is 0 Å². The SMILES string of the molecule is CCC(=O)NCCOCCOCC(=O)C[C@@H](CCC(=O)N[C@@H](CCC(=O)NCCCC[C@H](CC)C(=O)CO)C(=O)O)C(=O)O.COCCOCCCC(=O)CC[C@H](NC(=O)CCCCCCCCCCCCCCCCC(=O)O)C(=O)O. The van der Waals surface area contributed by atoms with Gasteiger partial charge in [-0.2, -0.15) is 0 Å².